The standard InChI is InChI=1S/C20H33O9P/c1-10(2)28-30(26,29-11(3)4)19(24)17-15(21)16(22)18(23)20(25,27-17)14-8-7-12(5)9-13(14)6/h7-11,15-19,21-25H,1-6H3/t15-,16-,17-,18-,19?,20?/m0/s1. The molecule has 0 radical (unpaired) electrons. The van der Waals surface area contributed by atoms with Crippen molar-refractivity contribution in [1.82, 2.24) is 0 Å². The first-order valence-electron chi connectivity index (χ1n) is 9.89. The van der Waals surface area contributed by atoms with E-state index in [-0.39, 0.29) is 5.56 Å². The Kier molecular flexibility index (Phi) is 7.89. The molecule has 30 heavy (non-hydrogen) atoms. The van der Waals surface area contributed by atoms with Crippen LogP contribution in [0.15, 0.2) is 18.2 Å². The second-order valence-electron chi connectivity index (χ2n) is 8.29. The lowest BCUT2D eigenvalue weighted by Gasteiger charge is -2.48. The summed E-state index contributed by atoms with van der Waals surface area (Å²) in [4.78, 5) is 0. The molecular formula is C20H33O9P. The Morgan fingerprint density at radius 1 is 1.03 bits per heavy atom. The third kappa shape index (κ3) is 4.96. The minimum Gasteiger partial charge on any atom is -0.387 e. The molecule has 1 fully saturated rings. The molecule has 10 heteroatoms. The smallest absolute Gasteiger partial charge is 0.362 e. The lowest BCUT2D eigenvalue weighted by Crippen LogP contribution is -2.65. The van der Waals surface area contributed by atoms with Crippen LogP contribution in [0, 0.1) is 13.8 Å². The number of hydrogen-bond donors (Lipinski definition) is 5. The molecule has 6 atom stereocenters. The van der Waals surface area contributed by atoms with Crippen molar-refractivity contribution in [2.75, 3.05) is 0 Å². The van der Waals surface area contributed by atoms with Crippen molar-refractivity contribution in [3.05, 3.63) is 34.9 Å². The van der Waals surface area contributed by atoms with Gasteiger partial charge >= 0.3 is 7.60 Å². The van der Waals surface area contributed by atoms with Gasteiger partial charge in [-0.3, -0.25) is 4.57 Å². The van der Waals surface area contributed by atoms with Gasteiger partial charge in [-0.15, -0.1) is 0 Å². The summed E-state index contributed by atoms with van der Waals surface area (Å²) in [5.74, 6) is -4.53. The van der Waals surface area contributed by atoms with Gasteiger partial charge in [0.1, 0.15) is 24.4 Å². The number of benzene rings is 1. The van der Waals surface area contributed by atoms with Crippen LogP contribution in [0.25, 0.3) is 0 Å². The Balaban J connectivity index is 2.49. The molecule has 0 saturated carbocycles. The maximum absolute atomic E-state index is 13.3. The number of rotatable bonds is 7. The van der Waals surface area contributed by atoms with Crippen molar-refractivity contribution in [1.29, 1.82) is 0 Å². The van der Waals surface area contributed by atoms with Gasteiger partial charge in [0.25, 0.3) is 0 Å². The average Bonchev–Trinajstić information content (AvgIpc) is 2.61. The van der Waals surface area contributed by atoms with Crippen molar-refractivity contribution >= 4 is 7.60 Å². The monoisotopic (exact) mass is 448 g/mol. The van der Waals surface area contributed by atoms with E-state index in [0.29, 0.717) is 5.56 Å². The van der Waals surface area contributed by atoms with Gasteiger partial charge in [0.05, 0.1) is 12.2 Å². The molecule has 2 rings (SSSR count). The van der Waals surface area contributed by atoms with Gasteiger partial charge in [0, 0.05) is 5.56 Å². The highest BCUT2D eigenvalue weighted by molar-refractivity contribution is 7.54. The normalized spacial score (nSPS) is 31.4. The Morgan fingerprint density at radius 3 is 2.03 bits per heavy atom. The summed E-state index contributed by atoms with van der Waals surface area (Å²) in [5.41, 5.74) is 1.57. The molecule has 172 valence electrons. The molecule has 0 aromatic heterocycles. The first-order valence-corrected chi connectivity index (χ1v) is 11.5. The van der Waals surface area contributed by atoms with E-state index >= 15 is 0 Å². The zero-order valence-corrected chi connectivity index (χ0v) is 19.0. The van der Waals surface area contributed by atoms with Crippen LogP contribution in [0.1, 0.15) is 44.4 Å². The SMILES string of the molecule is Cc1ccc(C2(O)O[C@H](C(O)P(=O)(OC(C)C)OC(C)C)[C@@H](O)[C@H](O)[C@@H]2O)c(C)c1. The molecule has 9 nitrogen and oxygen atoms in total. The van der Waals surface area contributed by atoms with E-state index in [4.69, 9.17) is 13.8 Å². The molecule has 0 amide bonds. The summed E-state index contributed by atoms with van der Waals surface area (Å²) in [7, 11) is -4.28. The van der Waals surface area contributed by atoms with Crippen molar-refractivity contribution in [2.45, 2.75) is 89.8 Å². The van der Waals surface area contributed by atoms with Crippen molar-refractivity contribution in [3.8, 4) is 0 Å². The molecule has 1 heterocycles. The van der Waals surface area contributed by atoms with E-state index < -0.39 is 55.9 Å². The number of aliphatic hydroxyl groups excluding tert-OH is 4. The number of aliphatic hydroxyl groups is 5. The highest BCUT2D eigenvalue weighted by Crippen LogP contribution is 2.57. The minimum absolute atomic E-state index is 0.133. The first kappa shape index (κ1) is 25.4. The molecule has 1 saturated heterocycles. The van der Waals surface area contributed by atoms with Crippen LogP contribution in [0.2, 0.25) is 0 Å². The second-order valence-corrected chi connectivity index (χ2v) is 10.3. The predicted molar refractivity (Wildman–Crippen MR) is 109 cm³/mol. The third-order valence-electron chi connectivity index (χ3n) is 4.83. The first-order chi connectivity index (χ1) is 13.7. The molecule has 2 unspecified atom stereocenters. The number of ether oxygens (including phenoxy) is 1. The second kappa shape index (κ2) is 9.32. The van der Waals surface area contributed by atoms with E-state index in [1.165, 1.54) is 6.07 Å². The van der Waals surface area contributed by atoms with Crippen LogP contribution in [-0.2, 0) is 24.1 Å². The van der Waals surface area contributed by atoms with Gasteiger partial charge in [-0.1, -0.05) is 23.8 Å². The van der Waals surface area contributed by atoms with Gasteiger partial charge in [-0.25, -0.2) is 0 Å². The van der Waals surface area contributed by atoms with Gasteiger partial charge in [-0.05, 0) is 47.1 Å². The zero-order chi connectivity index (χ0) is 23.0. The highest BCUT2D eigenvalue weighted by atomic mass is 31.2. The van der Waals surface area contributed by atoms with E-state index in [0.717, 1.165) is 5.56 Å². The van der Waals surface area contributed by atoms with Crippen LogP contribution < -0.4 is 0 Å². The summed E-state index contributed by atoms with van der Waals surface area (Å²) in [5, 5.41) is 53.4. The number of hydrogen-bond acceptors (Lipinski definition) is 9. The molecule has 0 bridgehead atoms. The van der Waals surface area contributed by atoms with Crippen LogP contribution in [0.3, 0.4) is 0 Å². The Morgan fingerprint density at radius 2 is 1.57 bits per heavy atom. The Bertz CT molecular complexity index is 770. The quantitative estimate of drug-likeness (QED) is 0.390. The third-order valence-corrected chi connectivity index (χ3v) is 7.20. The van der Waals surface area contributed by atoms with E-state index in [1.54, 1.807) is 46.8 Å². The summed E-state index contributed by atoms with van der Waals surface area (Å²) in [6.07, 6.45) is -8.69. The lowest BCUT2D eigenvalue weighted by molar-refractivity contribution is -0.361. The average molecular weight is 448 g/mol. The largest absolute Gasteiger partial charge is 0.387 e. The molecule has 0 spiro atoms. The molecule has 5 N–H and O–H groups in total. The fraction of sp³-hybridized carbons (Fsp3) is 0.700. The predicted octanol–water partition coefficient (Wildman–Crippen LogP) is 1.29. The van der Waals surface area contributed by atoms with Crippen LogP contribution in [0.4, 0.5) is 0 Å². The van der Waals surface area contributed by atoms with Gasteiger partial charge in [0.2, 0.25) is 5.79 Å². The topological polar surface area (TPSA) is 146 Å². The minimum atomic E-state index is -4.28. The Hall–Kier alpha value is -0.870. The molecule has 0 aliphatic carbocycles. The van der Waals surface area contributed by atoms with Gasteiger partial charge < -0.3 is 39.3 Å². The lowest BCUT2D eigenvalue weighted by atomic mass is 9.86. The van der Waals surface area contributed by atoms with E-state index in [1.807, 2.05) is 6.92 Å². The van der Waals surface area contributed by atoms with Crippen LogP contribution in [0.5, 0.6) is 0 Å². The van der Waals surface area contributed by atoms with Crippen molar-refractivity contribution < 1.29 is 43.9 Å². The molecular weight excluding hydrogens is 415 g/mol. The number of aryl methyl sites for hydroxylation is 2. The Labute approximate surface area is 176 Å². The summed E-state index contributed by atoms with van der Waals surface area (Å²) in [6.45, 7) is 9.87. The van der Waals surface area contributed by atoms with Gasteiger partial charge in [-0.2, -0.15) is 0 Å². The fourth-order valence-electron chi connectivity index (χ4n) is 3.55. The summed E-state index contributed by atoms with van der Waals surface area (Å²) >= 11 is 0. The van der Waals surface area contributed by atoms with Crippen molar-refractivity contribution in [2.24, 2.45) is 0 Å². The van der Waals surface area contributed by atoms with E-state index in [2.05, 4.69) is 0 Å². The highest BCUT2D eigenvalue weighted by Gasteiger charge is 2.59. The summed E-state index contributed by atoms with van der Waals surface area (Å²) in [6, 6.07) is 4.92. The maximum atomic E-state index is 13.3. The molecule has 1 aliphatic heterocycles. The molecule has 1 aliphatic rings. The van der Waals surface area contributed by atoms with Crippen molar-refractivity contribution in [3.63, 3.8) is 0 Å². The zero-order valence-electron chi connectivity index (χ0n) is 18.1. The molecule has 1 aromatic carbocycles. The fourth-order valence-corrected chi connectivity index (χ4v) is 5.62. The van der Waals surface area contributed by atoms with Crippen LogP contribution in [-0.4, -0.2) is 68.0 Å². The van der Waals surface area contributed by atoms with E-state index in [9.17, 15) is 30.1 Å². The van der Waals surface area contributed by atoms with Gasteiger partial charge in [0.15, 0.2) is 5.85 Å². The summed E-state index contributed by atoms with van der Waals surface area (Å²) < 4.78 is 29.6. The van der Waals surface area contributed by atoms with Crippen LogP contribution >= 0.6 is 7.60 Å². The maximum Gasteiger partial charge on any atom is 0.362 e. The molecule has 1 aromatic rings.